The normalized spacial score (nSPS) is 13.4. The third-order valence-electron chi connectivity index (χ3n) is 2.58. The molecule has 0 radical (unpaired) electrons. The molecule has 1 aliphatic heterocycles. The van der Waals surface area contributed by atoms with Crippen molar-refractivity contribution in [2.45, 2.75) is 0 Å². The fourth-order valence-electron chi connectivity index (χ4n) is 1.81. The number of carbonyl (C=O) groups excluding carboxylic acids is 2. The van der Waals surface area contributed by atoms with Crippen molar-refractivity contribution in [1.82, 2.24) is 0 Å². The summed E-state index contributed by atoms with van der Waals surface area (Å²) in [6.45, 7) is 0. The highest BCUT2D eigenvalue weighted by Crippen LogP contribution is 2.11. The molecular formula is C13H7NO3. The molecule has 2 aromatic rings. The van der Waals surface area contributed by atoms with Gasteiger partial charge < -0.3 is 4.42 Å². The monoisotopic (exact) mass is 225 g/mol. The lowest BCUT2D eigenvalue weighted by atomic mass is 10.1. The largest absolute Gasteiger partial charge is 0.461 e. The SMILES string of the molecule is O=C1N=c2ccccc2=C1C(=O)c1ccco1. The third-order valence-corrected chi connectivity index (χ3v) is 2.58. The number of carbonyl (C=O) groups is 2. The molecular weight excluding hydrogens is 218 g/mol. The average Bonchev–Trinajstić information content (AvgIpc) is 2.94. The highest BCUT2D eigenvalue weighted by molar-refractivity contribution is 6.45. The number of Topliss-reactive ketones (excluding diaryl/α,β-unsaturated/α-hetero) is 1. The van der Waals surface area contributed by atoms with Gasteiger partial charge in [-0.1, -0.05) is 18.2 Å². The molecule has 1 aromatic heterocycles. The molecule has 17 heavy (non-hydrogen) atoms. The molecule has 1 aliphatic rings. The summed E-state index contributed by atoms with van der Waals surface area (Å²) in [6, 6.07) is 10.1. The van der Waals surface area contributed by atoms with Gasteiger partial charge in [-0.25, -0.2) is 4.99 Å². The zero-order chi connectivity index (χ0) is 11.8. The minimum Gasteiger partial charge on any atom is -0.461 e. The van der Waals surface area contributed by atoms with Gasteiger partial charge in [0.05, 0.1) is 11.6 Å². The second-order valence-electron chi connectivity index (χ2n) is 3.62. The lowest BCUT2D eigenvalue weighted by molar-refractivity contribution is -0.112. The molecule has 0 saturated heterocycles. The Hall–Kier alpha value is -2.49. The molecule has 3 rings (SSSR count). The maximum Gasteiger partial charge on any atom is 0.282 e. The van der Waals surface area contributed by atoms with Crippen LogP contribution >= 0.6 is 0 Å². The number of nitrogens with zero attached hydrogens (tertiary/aromatic N) is 1. The van der Waals surface area contributed by atoms with Crippen LogP contribution in [0.3, 0.4) is 0 Å². The van der Waals surface area contributed by atoms with Crippen molar-refractivity contribution in [2.75, 3.05) is 0 Å². The van der Waals surface area contributed by atoms with Gasteiger partial charge in [0.25, 0.3) is 5.91 Å². The molecule has 0 atom stereocenters. The lowest BCUT2D eigenvalue weighted by Crippen LogP contribution is -2.24. The van der Waals surface area contributed by atoms with Crippen LogP contribution in [0.15, 0.2) is 52.1 Å². The summed E-state index contributed by atoms with van der Waals surface area (Å²) in [7, 11) is 0. The van der Waals surface area contributed by atoms with Crippen LogP contribution in [0.25, 0.3) is 5.57 Å². The molecule has 82 valence electrons. The average molecular weight is 225 g/mol. The number of hydrogen-bond acceptors (Lipinski definition) is 3. The fraction of sp³-hybridized carbons (Fsp3) is 0. The van der Waals surface area contributed by atoms with Crippen LogP contribution in [0, 0.1) is 0 Å². The van der Waals surface area contributed by atoms with Crippen molar-refractivity contribution in [3.63, 3.8) is 0 Å². The predicted octanol–water partition coefficient (Wildman–Crippen LogP) is 0.473. The standard InChI is InChI=1S/C13H7NO3/c15-12(10-6-3-7-17-10)11-8-4-1-2-5-9(8)14-13(11)16/h1-7H. The molecule has 0 bridgehead atoms. The van der Waals surface area contributed by atoms with Gasteiger partial charge in [0, 0.05) is 5.22 Å². The Morgan fingerprint density at radius 2 is 1.94 bits per heavy atom. The molecule has 0 spiro atoms. The fourth-order valence-corrected chi connectivity index (χ4v) is 1.81. The van der Waals surface area contributed by atoms with E-state index in [0.29, 0.717) is 10.6 Å². The van der Waals surface area contributed by atoms with E-state index in [0.717, 1.165) is 0 Å². The van der Waals surface area contributed by atoms with E-state index in [4.69, 9.17) is 4.42 Å². The van der Waals surface area contributed by atoms with Gasteiger partial charge in [-0.15, -0.1) is 0 Å². The molecule has 0 aliphatic carbocycles. The van der Waals surface area contributed by atoms with Gasteiger partial charge >= 0.3 is 0 Å². The Morgan fingerprint density at radius 1 is 1.12 bits per heavy atom. The smallest absolute Gasteiger partial charge is 0.282 e. The zero-order valence-electron chi connectivity index (χ0n) is 8.71. The first-order chi connectivity index (χ1) is 8.27. The quantitative estimate of drug-likeness (QED) is 0.698. The zero-order valence-corrected chi connectivity index (χ0v) is 8.71. The Bertz CT molecular complexity index is 726. The van der Waals surface area contributed by atoms with Crippen LogP contribution < -0.4 is 10.6 Å². The van der Waals surface area contributed by atoms with E-state index in [1.165, 1.54) is 12.3 Å². The molecule has 0 N–H and O–H groups in total. The number of benzene rings is 1. The summed E-state index contributed by atoms with van der Waals surface area (Å²) < 4.78 is 5.01. The van der Waals surface area contributed by atoms with Crippen LogP contribution in [-0.2, 0) is 4.79 Å². The highest BCUT2D eigenvalue weighted by Gasteiger charge is 2.25. The first-order valence-corrected chi connectivity index (χ1v) is 5.08. The second kappa shape index (κ2) is 3.52. The Morgan fingerprint density at radius 3 is 2.71 bits per heavy atom. The van der Waals surface area contributed by atoms with Crippen molar-refractivity contribution in [3.05, 3.63) is 59.0 Å². The maximum absolute atomic E-state index is 12.1. The van der Waals surface area contributed by atoms with Gasteiger partial charge in [-0.05, 0) is 18.2 Å². The van der Waals surface area contributed by atoms with E-state index in [9.17, 15) is 9.59 Å². The Kier molecular flexibility index (Phi) is 2.01. The summed E-state index contributed by atoms with van der Waals surface area (Å²) >= 11 is 0. The first kappa shape index (κ1) is 9.72. The number of rotatable bonds is 2. The van der Waals surface area contributed by atoms with Gasteiger partial charge in [0.1, 0.15) is 5.57 Å². The molecule has 1 amide bonds. The van der Waals surface area contributed by atoms with Gasteiger partial charge in [-0.3, -0.25) is 9.59 Å². The molecule has 0 fully saturated rings. The van der Waals surface area contributed by atoms with Crippen molar-refractivity contribution >= 4 is 17.3 Å². The van der Waals surface area contributed by atoms with Crippen molar-refractivity contribution in [2.24, 2.45) is 4.99 Å². The summed E-state index contributed by atoms with van der Waals surface area (Å²) in [6.07, 6.45) is 1.40. The first-order valence-electron chi connectivity index (χ1n) is 5.08. The van der Waals surface area contributed by atoms with Crippen molar-refractivity contribution < 1.29 is 14.0 Å². The number of ketones is 1. The van der Waals surface area contributed by atoms with Crippen molar-refractivity contribution in [1.29, 1.82) is 0 Å². The Labute approximate surface area is 95.9 Å². The lowest BCUT2D eigenvalue weighted by Gasteiger charge is -1.95. The number of para-hydroxylation sites is 1. The summed E-state index contributed by atoms with van der Waals surface area (Å²) in [5.74, 6) is -0.776. The molecule has 4 heteroatoms. The van der Waals surface area contributed by atoms with E-state index in [1.807, 2.05) is 0 Å². The molecule has 1 aromatic carbocycles. The van der Waals surface area contributed by atoms with E-state index in [2.05, 4.69) is 4.99 Å². The van der Waals surface area contributed by atoms with Gasteiger partial charge in [-0.2, -0.15) is 0 Å². The van der Waals surface area contributed by atoms with Crippen LogP contribution in [0.1, 0.15) is 10.6 Å². The van der Waals surface area contributed by atoms with E-state index >= 15 is 0 Å². The van der Waals surface area contributed by atoms with Crippen LogP contribution in [0.4, 0.5) is 0 Å². The molecule has 0 unspecified atom stereocenters. The number of furan rings is 1. The van der Waals surface area contributed by atoms with Crippen molar-refractivity contribution in [3.8, 4) is 0 Å². The minimum atomic E-state index is -0.507. The van der Waals surface area contributed by atoms with Gasteiger partial charge in [0.2, 0.25) is 5.78 Å². The van der Waals surface area contributed by atoms with Crippen LogP contribution in [-0.4, -0.2) is 11.7 Å². The highest BCUT2D eigenvalue weighted by atomic mass is 16.3. The number of hydrogen-bond donors (Lipinski definition) is 0. The van der Waals surface area contributed by atoms with Crippen LogP contribution in [0.2, 0.25) is 0 Å². The third kappa shape index (κ3) is 1.42. The molecule has 0 saturated carbocycles. The molecule has 2 heterocycles. The van der Waals surface area contributed by atoms with E-state index < -0.39 is 11.7 Å². The van der Waals surface area contributed by atoms with E-state index in [1.54, 1.807) is 30.3 Å². The number of fused-ring (bicyclic) bond motifs is 1. The second-order valence-corrected chi connectivity index (χ2v) is 3.62. The van der Waals surface area contributed by atoms with Crippen LogP contribution in [0.5, 0.6) is 0 Å². The summed E-state index contributed by atoms with van der Waals surface area (Å²) in [5.41, 5.74) is 0.0792. The Balaban J connectivity index is 2.27. The summed E-state index contributed by atoms with van der Waals surface area (Å²) in [4.78, 5) is 27.6. The minimum absolute atomic E-state index is 0.0792. The summed E-state index contributed by atoms with van der Waals surface area (Å²) in [5, 5.41) is 1.10. The van der Waals surface area contributed by atoms with Gasteiger partial charge in [0.15, 0.2) is 5.76 Å². The topological polar surface area (TPSA) is 59.6 Å². The molecule has 4 nitrogen and oxygen atoms in total. The predicted molar refractivity (Wildman–Crippen MR) is 58.7 cm³/mol. The maximum atomic E-state index is 12.1. The number of amides is 1. The van der Waals surface area contributed by atoms with E-state index in [-0.39, 0.29) is 11.3 Å².